The van der Waals surface area contributed by atoms with Crippen LogP contribution in [-0.4, -0.2) is 110 Å². The van der Waals surface area contributed by atoms with E-state index in [0.717, 1.165) is 44.9 Å². The molecule has 0 radical (unpaired) electrons. The average molecular weight is 1130 g/mol. The number of allylic oxidation sites excluding steroid dienone is 8. The molecule has 1 saturated heterocycles. The fourth-order valence-electron chi connectivity index (χ4n) is 10.8. The summed E-state index contributed by atoms with van der Waals surface area (Å²) in [6, 6.07) is -1.19. The Morgan fingerprint density at radius 3 is 1.19 bits per heavy atom. The topological polar surface area (TPSA) is 189 Å². The van der Waals surface area contributed by atoms with Crippen LogP contribution in [0.25, 0.3) is 0 Å². The van der Waals surface area contributed by atoms with Crippen molar-refractivity contribution >= 4 is 5.91 Å². The third kappa shape index (κ3) is 44.6. The third-order valence-corrected chi connectivity index (χ3v) is 16.3. The van der Waals surface area contributed by atoms with Crippen molar-refractivity contribution < 1.29 is 50.0 Å². The molecule has 1 aliphatic heterocycles. The van der Waals surface area contributed by atoms with Gasteiger partial charge in [-0.2, -0.15) is 0 Å². The molecule has 80 heavy (non-hydrogen) atoms. The first-order valence-corrected chi connectivity index (χ1v) is 34.0. The van der Waals surface area contributed by atoms with Gasteiger partial charge in [-0.3, -0.25) is 4.79 Å². The summed E-state index contributed by atoms with van der Waals surface area (Å²) in [5, 5.41) is 76.4. The molecule has 9 unspecified atom stereocenters. The van der Waals surface area contributed by atoms with Crippen LogP contribution in [0.2, 0.25) is 0 Å². The lowest BCUT2D eigenvalue weighted by Crippen LogP contribution is -2.60. The highest BCUT2D eigenvalue weighted by Crippen LogP contribution is 2.24. The van der Waals surface area contributed by atoms with E-state index in [1.165, 1.54) is 225 Å². The maximum Gasteiger partial charge on any atom is 0.249 e. The maximum absolute atomic E-state index is 13.2. The summed E-state index contributed by atoms with van der Waals surface area (Å²) in [7, 11) is 0. The Morgan fingerprint density at radius 1 is 0.438 bits per heavy atom. The number of nitrogens with one attached hydrogen (secondary N) is 1. The quantitative estimate of drug-likeness (QED) is 0.0215. The number of ether oxygens (including phenoxy) is 2. The van der Waals surface area contributed by atoms with Crippen molar-refractivity contribution in [1.29, 1.82) is 0 Å². The Balaban J connectivity index is 2.24. The van der Waals surface area contributed by atoms with Crippen molar-refractivity contribution in [2.24, 2.45) is 0 Å². The highest BCUT2D eigenvalue weighted by molar-refractivity contribution is 5.80. The van der Waals surface area contributed by atoms with Crippen LogP contribution < -0.4 is 5.32 Å². The minimum Gasteiger partial charge on any atom is -0.394 e. The predicted molar refractivity (Wildman–Crippen MR) is 335 cm³/mol. The minimum absolute atomic E-state index is 0.246. The molecule has 8 N–H and O–H groups in total. The Bertz CT molecular complexity index is 1440. The van der Waals surface area contributed by atoms with E-state index in [2.05, 4.69) is 67.8 Å². The maximum atomic E-state index is 13.2. The summed E-state index contributed by atoms with van der Waals surface area (Å²) in [4.78, 5) is 13.2. The predicted octanol–water partition coefficient (Wildman–Crippen LogP) is 16.0. The second kappa shape index (κ2) is 57.5. The highest BCUT2D eigenvalue weighted by Gasteiger charge is 2.44. The average Bonchev–Trinajstić information content (AvgIpc) is 3.47. The Kier molecular flexibility index (Phi) is 54.7. The summed E-state index contributed by atoms with van der Waals surface area (Å²) in [5.74, 6) is -0.708. The molecular weight excluding hydrogens is 1000 g/mol. The molecule has 0 aromatic heterocycles. The summed E-state index contributed by atoms with van der Waals surface area (Å²) in [6.45, 7) is 3.48. The van der Waals surface area contributed by atoms with Crippen LogP contribution in [0.1, 0.15) is 316 Å². The summed E-state index contributed by atoms with van der Waals surface area (Å²) >= 11 is 0. The lowest BCUT2D eigenvalue weighted by atomic mass is 9.98. The number of carbonyl (C=O) groups is 1. The molecule has 0 spiro atoms. The van der Waals surface area contributed by atoms with Crippen LogP contribution in [-0.2, 0) is 14.3 Å². The van der Waals surface area contributed by atoms with Crippen LogP contribution in [0.3, 0.4) is 0 Å². The molecule has 0 saturated carbocycles. The van der Waals surface area contributed by atoms with Crippen molar-refractivity contribution in [3.05, 3.63) is 48.6 Å². The fourth-order valence-corrected chi connectivity index (χ4v) is 10.8. The Labute approximate surface area is 491 Å². The molecule has 9 atom stereocenters. The molecule has 1 fully saturated rings. The van der Waals surface area contributed by atoms with Gasteiger partial charge < -0.3 is 50.5 Å². The molecule has 470 valence electrons. The van der Waals surface area contributed by atoms with Crippen LogP contribution in [0.15, 0.2) is 48.6 Å². The third-order valence-electron chi connectivity index (χ3n) is 16.3. The normalized spacial score (nSPS) is 19.5. The number of hydrogen-bond acceptors (Lipinski definition) is 10. The van der Waals surface area contributed by atoms with Crippen LogP contribution in [0, 0.1) is 0 Å². The van der Waals surface area contributed by atoms with Crippen molar-refractivity contribution in [3.63, 3.8) is 0 Å². The molecule has 0 aromatic carbocycles. The Morgan fingerprint density at radius 2 is 0.787 bits per heavy atom. The molecule has 11 heteroatoms. The molecule has 0 aliphatic carbocycles. The second-order valence-electron chi connectivity index (χ2n) is 23.9. The summed E-state index contributed by atoms with van der Waals surface area (Å²) in [5.41, 5.74) is 0. The zero-order valence-corrected chi connectivity index (χ0v) is 51.8. The van der Waals surface area contributed by atoms with E-state index >= 15 is 0 Å². The first-order valence-electron chi connectivity index (χ1n) is 34.0. The molecule has 1 heterocycles. The van der Waals surface area contributed by atoms with E-state index in [1.807, 2.05) is 0 Å². The molecule has 0 aromatic rings. The van der Waals surface area contributed by atoms with E-state index in [1.54, 1.807) is 0 Å². The first-order chi connectivity index (χ1) is 39.2. The van der Waals surface area contributed by atoms with Gasteiger partial charge in [0.25, 0.3) is 0 Å². The number of hydrogen-bond donors (Lipinski definition) is 8. The second-order valence-corrected chi connectivity index (χ2v) is 23.9. The molecule has 1 amide bonds. The molecule has 1 rings (SSSR count). The van der Waals surface area contributed by atoms with Gasteiger partial charge in [0.1, 0.15) is 36.6 Å². The number of rotatable bonds is 59. The van der Waals surface area contributed by atoms with Gasteiger partial charge in [0, 0.05) is 0 Å². The van der Waals surface area contributed by atoms with Crippen molar-refractivity contribution in [2.75, 3.05) is 13.2 Å². The van der Waals surface area contributed by atoms with Gasteiger partial charge in [-0.25, -0.2) is 0 Å². The number of aliphatic hydroxyl groups excluding tert-OH is 7. The van der Waals surface area contributed by atoms with Crippen molar-refractivity contribution in [3.8, 4) is 0 Å². The molecular formula is C69H129NO10. The number of unbranched alkanes of at least 4 members (excludes halogenated alkanes) is 39. The zero-order chi connectivity index (χ0) is 58.2. The van der Waals surface area contributed by atoms with Crippen LogP contribution in [0.4, 0.5) is 0 Å². The number of carbonyl (C=O) groups excluding carboxylic acids is 1. The monoisotopic (exact) mass is 1130 g/mol. The van der Waals surface area contributed by atoms with Gasteiger partial charge in [0.15, 0.2) is 6.29 Å². The van der Waals surface area contributed by atoms with E-state index in [-0.39, 0.29) is 12.8 Å². The van der Waals surface area contributed by atoms with Crippen molar-refractivity contribution in [2.45, 2.75) is 371 Å². The van der Waals surface area contributed by atoms with Gasteiger partial charge in [0.2, 0.25) is 5.91 Å². The first kappa shape index (κ1) is 76.1. The van der Waals surface area contributed by atoms with E-state index in [0.29, 0.717) is 19.3 Å². The molecule has 1 aliphatic rings. The highest BCUT2D eigenvalue weighted by atomic mass is 16.7. The van der Waals surface area contributed by atoms with Crippen LogP contribution >= 0.6 is 0 Å². The van der Waals surface area contributed by atoms with Gasteiger partial charge >= 0.3 is 0 Å². The standard InChI is InChI=1S/C69H129NO10/c1-3-5-7-9-11-13-15-17-19-21-23-25-27-28-29-30-31-32-33-35-37-39-41-43-45-47-49-51-53-55-57-62(73)68(78)70-60(59-79-69-67(77)66(76)65(75)63(58-71)80-69)64(74)61(72)56-54-52-50-48-46-44-42-40-38-36-34-26-24-22-20-18-16-14-12-10-8-6-4-2/h23,25,28-29,40,42,48,50,60-67,69,71-77H,3-22,24,26-27,30-39,41,43-47,49,51-59H2,1-2H3,(H,70,78)/b25-23-,29-28-,42-40+,50-48+. The van der Waals surface area contributed by atoms with Gasteiger partial charge in [0.05, 0.1) is 25.4 Å². The largest absolute Gasteiger partial charge is 0.394 e. The summed E-state index contributed by atoms with van der Waals surface area (Å²) < 4.78 is 11.2. The van der Waals surface area contributed by atoms with Gasteiger partial charge in [-0.1, -0.05) is 281 Å². The van der Waals surface area contributed by atoms with Crippen molar-refractivity contribution in [1.82, 2.24) is 5.32 Å². The number of amides is 1. The lowest BCUT2D eigenvalue weighted by Gasteiger charge is -2.40. The lowest BCUT2D eigenvalue weighted by molar-refractivity contribution is -0.303. The van der Waals surface area contributed by atoms with Crippen LogP contribution in [0.5, 0.6) is 0 Å². The molecule has 11 nitrogen and oxygen atoms in total. The van der Waals surface area contributed by atoms with E-state index in [4.69, 9.17) is 9.47 Å². The van der Waals surface area contributed by atoms with Gasteiger partial charge in [-0.05, 0) is 83.5 Å². The SMILES string of the molecule is CCCCCCCCCCC/C=C\C/C=C\CCCCCCCCCCCCCCCCC(O)C(=O)NC(COC1OC(CO)C(O)C(O)C1O)C(O)C(O)CCC/C=C/CC/C=C/CCCCCCCCCCCCCCCC. The fraction of sp³-hybridized carbons (Fsp3) is 0.870. The van der Waals surface area contributed by atoms with Gasteiger partial charge in [-0.15, -0.1) is 0 Å². The number of aliphatic hydroxyl groups is 7. The van der Waals surface area contributed by atoms with E-state index < -0.39 is 74.2 Å². The zero-order valence-electron chi connectivity index (χ0n) is 51.8. The summed E-state index contributed by atoms with van der Waals surface area (Å²) in [6.07, 6.45) is 63.3. The van der Waals surface area contributed by atoms with E-state index in [9.17, 15) is 40.5 Å². The Hall–Kier alpha value is -1.93. The smallest absolute Gasteiger partial charge is 0.249 e. The minimum atomic E-state index is -1.67. The molecule has 0 bridgehead atoms.